The number of anilines is 8. The van der Waals surface area contributed by atoms with Crippen LogP contribution >= 0.6 is 12.2 Å². The zero-order chi connectivity index (χ0) is 86.2. The summed E-state index contributed by atoms with van der Waals surface area (Å²) in [6.07, 6.45) is -9.62. The second-order valence-corrected chi connectivity index (χ2v) is 27.3. The minimum Gasteiger partial charge on any atom is -0.409 e. The van der Waals surface area contributed by atoms with Crippen molar-refractivity contribution in [3.63, 3.8) is 0 Å². The number of nitrogens with one attached hydrogen (secondary N) is 4. The first-order valence-corrected chi connectivity index (χ1v) is 36.0. The number of nitrogens with zero attached hydrogens (tertiary/aromatic N) is 17. The van der Waals surface area contributed by atoms with Crippen LogP contribution in [-0.4, -0.2) is 272 Å². The molecule has 1 amide bonds. The number of amides is 1. The van der Waals surface area contributed by atoms with Crippen molar-refractivity contribution >= 4 is 142 Å². The lowest BCUT2D eigenvalue weighted by molar-refractivity contribution is -0.0499. The maximum atomic E-state index is 11.6. The number of carbonyl (C=O) groups is 1. The molecular formula is C63H91N35O19S. The molecule has 5 aliphatic rings. The smallest absolute Gasteiger partial charge is 0.251 e. The Morgan fingerprint density at radius 2 is 0.712 bits per heavy atom. The number of carbonyl (C=O) groups excluding carboxylic acids is 1. The molecule has 45 N–H and O–H groups in total. The standard InChI is InChI=1S/C13H20N8O4.C13H17N5O4.C13H17N5O3S.C12H19N9O4.C12H18N8O4/c1-2-4-7(22)8(23)13(25-4)21-11-5(9(14)17-3-18-11)6(10(15)20-24)12(21)19-16;1-2-6-8(19)9(20)13(22-6)18-3-5(11(15)21)7-10(14)16-4-17-12(7)18;1-2-6-8(19)9(20)13(21-6)18-3-5(11(15)22)7-10(14)16-4-17-12(7)18;13-8-4-5(9(14)19-15)11(20-16)21(10(4)18-2-17-8)12-7(24)6(23)3(1-22)25-12;13-8(14)4-5-9(15)17-2-18-10(5)20(11(4)19-16)12-7(23)6(22)3(1-21)24-12/h3-4,7-8,13,19,22-24H,2,16H2,1H3,(H2,15,20)(H2,14,17,18);3-4,6,8-9,13,19-20H,2H2,1H3,(H2,15,21)(H2,14,16,17);3-4,6,8-9,13,19-20H,2H2,1H3,(H2,15,22)(H2,14,16,17);2-3,6-7,12,20,22-24H,1,15-16H2,(H2,14,19)(H2,13,17,18);2-3,6-7,12,19,21-23H,1,16H2,(H3,13,14)(H2,15,17,18)/t4-,7-,8-,13-;2*6-,8-,9-,13-;2*3-,6-,7-,12-/m11111/s1. The van der Waals surface area contributed by atoms with Gasteiger partial charge in [-0.15, -0.1) is 0 Å². The molecule has 0 aliphatic carbocycles. The predicted octanol–water partition coefficient (Wildman–Crippen LogP) is -9.07. The number of thiocarbonyl (C=S) groups is 1. The van der Waals surface area contributed by atoms with E-state index in [1.807, 2.05) is 20.8 Å². The lowest BCUT2D eigenvalue weighted by atomic mass is 10.1. The number of nitrogen functional groups attached to an aromatic ring is 9. The third-order valence-corrected chi connectivity index (χ3v) is 20.5. The van der Waals surface area contributed by atoms with E-state index < -0.39 is 142 Å². The van der Waals surface area contributed by atoms with Crippen LogP contribution in [0.4, 0.5) is 46.5 Å². The summed E-state index contributed by atoms with van der Waals surface area (Å²) in [6, 6.07) is 0. The van der Waals surface area contributed by atoms with Gasteiger partial charge in [0.1, 0.15) is 190 Å². The van der Waals surface area contributed by atoms with Gasteiger partial charge in [0.2, 0.25) is 0 Å². The number of aliphatic hydroxyl groups excluding tert-OH is 12. The van der Waals surface area contributed by atoms with Crippen LogP contribution in [0.15, 0.2) is 54.3 Å². The summed E-state index contributed by atoms with van der Waals surface area (Å²) in [5.41, 5.74) is 67.6. The minimum atomic E-state index is -1.38. The summed E-state index contributed by atoms with van der Waals surface area (Å²) in [4.78, 5) is 51.9. The topological polar surface area (TPSA) is 929 Å². The van der Waals surface area contributed by atoms with Gasteiger partial charge in [-0.1, -0.05) is 38.1 Å². The fourth-order valence-corrected chi connectivity index (χ4v) is 14.7. The molecule has 5 fully saturated rings. The van der Waals surface area contributed by atoms with Crippen LogP contribution in [0.3, 0.4) is 0 Å². The zero-order valence-electron chi connectivity index (χ0n) is 62.5. The van der Waals surface area contributed by atoms with Crippen molar-refractivity contribution in [3.8, 4) is 0 Å². The third-order valence-electron chi connectivity index (χ3n) is 20.2. The molecule has 15 rings (SSSR count). The van der Waals surface area contributed by atoms with Crippen LogP contribution in [0.5, 0.6) is 0 Å². The molecule has 0 saturated carbocycles. The summed E-state index contributed by atoms with van der Waals surface area (Å²) in [6.45, 7) is 4.55. The molecule has 5 aliphatic heterocycles. The van der Waals surface area contributed by atoms with Gasteiger partial charge in [-0.25, -0.2) is 67.4 Å². The van der Waals surface area contributed by atoms with Gasteiger partial charge in [-0.05, 0) is 19.3 Å². The number of aromatic nitrogens is 15. The highest BCUT2D eigenvalue weighted by Gasteiger charge is 2.50. The molecule has 10 aromatic rings. The van der Waals surface area contributed by atoms with Gasteiger partial charge < -0.3 is 179 Å². The van der Waals surface area contributed by atoms with E-state index in [2.05, 4.69) is 76.4 Å². The Bertz CT molecular complexity index is 5160. The first-order chi connectivity index (χ1) is 56.2. The Balaban J connectivity index is 0.000000145. The van der Waals surface area contributed by atoms with Crippen molar-refractivity contribution in [2.24, 2.45) is 62.3 Å². The fourth-order valence-electron chi connectivity index (χ4n) is 14.6. The Hall–Kier alpha value is -11.9. The predicted molar refractivity (Wildman–Crippen MR) is 421 cm³/mol. The summed E-state index contributed by atoms with van der Waals surface area (Å²) in [5, 5.41) is 145. The summed E-state index contributed by atoms with van der Waals surface area (Å²) < 4.78 is 35.4. The number of hydrazone groups is 1. The van der Waals surface area contributed by atoms with E-state index in [9.17, 15) is 66.1 Å². The quantitative estimate of drug-likeness (QED) is 0.00947. The molecule has 638 valence electrons. The number of rotatable bonds is 18. The van der Waals surface area contributed by atoms with Crippen LogP contribution in [-0.2, 0) is 23.7 Å². The molecule has 118 heavy (non-hydrogen) atoms. The van der Waals surface area contributed by atoms with Crippen molar-refractivity contribution in [2.75, 3.05) is 58.2 Å². The lowest BCUT2D eigenvalue weighted by Gasteiger charge is -2.20. The van der Waals surface area contributed by atoms with Crippen LogP contribution < -0.4 is 97.0 Å². The third kappa shape index (κ3) is 15.2. The molecule has 54 nitrogen and oxygen atoms in total. The maximum Gasteiger partial charge on any atom is 0.251 e. The van der Waals surface area contributed by atoms with Crippen LogP contribution in [0.2, 0.25) is 0 Å². The van der Waals surface area contributed by atoms with E-state index in [0.717, 1.165) is 0 Å². The van der Waals surface area contributed by atoms with E-state index in [1.54, 1.807) is 10.8 Å². The van der Waals surface area contributed by atoms with E-state index in [-0.39, 0.29) is 119 Å². The Morgan fingerprint density at radius 3 is 1.00 bits per heavy atom. The van der Waals surface area contributed by atoms with E-state index in [0.29, 0.717) is 52.3 Å². The normalized spacial score (nSPS) is 27.5. The number of hydrogen-bond donors (Lipinski definition) is 31. The van der Waals surface area contributed by atoms with Crippen molar-refractivity contribution in [1.82, 2.24) is 72.7 Å². The molecule has 0 aromatic carbocycles. The van der Waals surface area contributed by atoms with Crippen LogP contribution in [0.1, 0.15) is 104 Å². The first kappa shape index (κ1) is 86.9. The highest BCUT2D eigenvalue weighted by Crippen LogP contribution is 2.45. The number of primary amides is 1. The van der Waals surface area contributed by atoms with Crippen molar-refractivity contribution in [3.05, 3.63) is 71.8 Å². The molecule has 0 unspecified atom stereocenters. The Labute approximate surface area is 668 Å². The van der Waals surface area contributed by atoms with Crippen LogP contribution in [0.25, 0.3) is 55.2 Å². The molecule has 15 heterocycles. The second-order valence-electron chi connectivity index (χ2n) is 26.9. The summed E-state index contributed by atoms with van der Waals surface area (Å²) >= 11 is 5.04. The molecule has 10 aromatic heterocycles. The van der Waals surface area contributed by atoms with Crippen LogP contribution in [0, 0.1) is 5.41 Å². The molecule has 5 saturated heterocycles. The van der Waals surface area contributed by atoms with E-state index >= 15 is 0 Å². The Morgan fingerprint density at radius 1 is 0.432 bits per heavy atom. The van der Waals surface area contributed by atoms with Crippen molar-refractivity contribution in [1.29, 1.82) is 5.41 Å². The van der Waals surface area contributed by atoms with Gasteiger partial charge in [0.05, 0.1) is 80.7 Å². The number of oxime groups is 1. The minimum absolute atomic E-state index is 0.0622. The highest BCUT2D eigenvalue weighted by molar-refractivity contribution is 7.80. The average Bonchev–Trinajstić information content (AvgIpc) is 1.60. The number of ether oxygens (including phenoxy) is 5. The molecule has 0 radical (unpaired) electrons. The zero-order valence-corrected chi connectivity index (χ0v) is 63.3. The fraction of sp³-hybridized carbons (Fsp3) is 0.444. The van der Waals surface area contributed by atoms with Gasteiger partial charge in [-0.2, -0.15) is 5.10 Å². The lowest BCUT2D eigenvalue weighted by Crippen LogP contribution is -2.33. The number of fused-ring (bicyclic) bond motifs is 5. The van der Waals surface area contributed by atoms with E-state index in [1.165, 1.54) is 56.1 Å². The number of hydrogen-bond acceptors (Lipinski definition) is 45. The molecular weight excluding hydrogens is 1580 g/mol. The molecule has 55 heteroatoms. The monoisotopic (exact) mass is 1670 g/mol. The van der Waals surface area contributed by atoms with Gasteiger partial charge in [0.15, 0.2) is 42.8 Å². The van der Waals surface area contributed by atoms with Gasteiger partial charge in [0.25, 0.3) is 5.91 Å². The molecule has 20 atom stereocenters. The first-order valence-electron chi connectivity index (χ1n) is 35.5. The molecule has 0 bridgehead atoms. The van der Waals surface area contributed by atoms with Gasteiger partial charge in [-0.3, -0.25) is 23.9 Å². The second kappa shape index (κ2) is 35.5. The number of amidine groups is 3. The van der Waals surface area contributed by atoms with Gasteiger partial charge >= 0.3 is 0 Å². The van der Waals surface area contributed by atoms with Crippen molar-refractivity contribution < 1.29 is 95.0 Å². The van der Waals surface area contributed by atoms with Crippen molar-refractivity contribution in [2.45, 2.75) is 163 Å². The average molecular weight is 1670 g/mol. The van der Waals surface area contributed by atoms with E-state index in [4.69, 9.17) is 127 Å². The largest absolute Gasteiger partial charge is 0.409 e. The highest BCUT2D eigenvalue weighted by atomic mass is 32.1. The molecule has 0 spiro atoms. The van der Waals surface area contributed by atoms with Gasteiger partial charge in [0, 0.05) is 18.0 Å². The maximum absolute atomic E-state index is 11.6. The Kier molecular flexibility index (Phi) is 26.1. The number of aliphatic hydroxyl groups is 12. The summed E-state index contributed by atoms with van der Waals surface area (Å²) in [5.74, 6) is 21.6. The number of hydrazine groups is 3. The summed E-state index contributed by atoms with van der Waals surface area (Å²) in [7, 11) is 0. The number of nitrogens with two attached hydrogens (primary N) is 14. The SMILES string of the molecule is CC[C@H]1O[C@@H](n2c(NN)c(C(N)=NO)c3c(N)ncnc32)[C@H](O)[C@@H]1O.CC[C@H]1O[C@@H](n2cc(C(N)=O)c3c(N)ncnc32)[C@H](O)[C@@H]1O.CC[C@H]1O[C@@H](n2cc(C(N)=S)c3c(N)ncnc32)[C@H](O)[C@@H]1O.N=C(N)c1c(NN)n([C@@H]2O[C@H](CO)[C@@H](O)[C@H]2O)c2ncnc(N)c12.NN=C(N)c1c(NN)n([C@@H]2O[C@H](CO)[C@@H](O)[C@H]2O)c2ncnc(N)c12.